The van der Waals surface area contributed by atoms with Gasteiger partial charge in [0.15, 0.2) is 11.5 Å². The van der Waals surface area contributed by atoms with E-state index in [2.05, 4.69) is 31.8 Å². The van der Waals surface area contributed by atoms with Crippen molar-refractivity contribution in [1.29, 1.82) is 0 Å². The quantitative estimate of drug-likeness (QED) is 0.356. The molecule has 0 atom stereocenters. The van der Waals surface area contributed by atoms with Gasteiger partial charge in [0.2, 0.25) is 6.79 Å². The van der Waals surface area contributed by atoms with Gasteiger partial charge in [0, 0.05) is 5.56 Å². The minimum Gasteiger partial charge on any atom is -0.488 e. The highest BCUT2D eigenvalue weighted by atomic mass is 79.9. The summed E-state index contributed by atoms with van der Waals surface area (Å²) in [4.78, 5) is 24.2. The Morgan fingerprint density at radius 3 is 2.67 bits per heavy atom. The van der Waals surface area contributed by atoms with Gasteiger partial charge in [-0.2, -0.15) is 5.10 Å². The van der Waals surface area contributed by atoms with Crippen molar-refractivity contribution >= 4 is 34.0 Å². The standard InChI is InChI=1S/C24H20BrN3O5/c25-19-10-17(6-8-20(19)31-14-16-4-2-1-3-5-16)12-27-28-23(29)13-26-24(30)18-7-9-21-22(11-18)33-15-32-21/h1-12H,13-15H2,(H,26,30)(H,28,29)/b27-12-. The van der Waals surface area contributed by atoms with Crippen LogP contribution in [0.2, 0.25) is 0 Å². The van der Waals surface area contributed by atoms with Crippen molar-refractivity contribution in [3.63, 3.8) is 0 Å². The second-order valence-electron chi connectivity index (χ2n) is 7.01. The van der Waals surface area contributed by atoms with Crippen molar-refractivity contribution in [3.05, 3.63) is 87.9 Å². The number of hydrazone groups is 1. The molecule has 3 aromatic rings. The molecule has 0 saturated carbocycles. The number of hydrogen-bond acceptors (Lipinski definition) is 6. The van der Waals surface area contributed by atoms with Crippen LogP contribution in [0.15, 0.2) is 76.3 Å². The average Bonchev–Trinajstić information content (AvgIpc) is 3.31. The van der Waals surface area contributed by atoms with E-state index >= 15 is 0 Å². The van der Waals surface area contributed by atoms with E-state index in [9.17, 15) is 9.59 Å². The van der Waals surface area contributed by atoms with Crippen LogP contribution in [0.5, 0.6) is 17.2 Å². The molecule has 0 unspecified atom stereocenters. The highest BCUT2D eigenvalue weighted by Gasteiger charge is 2.16. The molecule has 0 aromatic heterocycles. The monoisotopic (exact) mass is 509 g/mol. The molecular weight excluding hydrogens is 490 g/mol. The lowest BCUT2D eigenvalue weighted by atomic mass is 10.2. The Labute approximate surface area is 198 Å². The van der Waals surface area contributed by atoms with Crippen molar-refractivity contribution in [1.82, 2.24) is 10.7 Å². The number of fused-ring (bicyclic) bond motifs is 1. The van der Waals surface area contributed by atoms with Crippen LogP contribution in [-0.2, 0) is 11.4 Å². The zero-order chi connectivity index (χ0) is 23.0. The Morgan fingerprint density at radius 2 is 1.85 bits per heavy atom. The summed E-state index contributed by atoms with van der Waals surface area (Å²) < 4.78 is 17.0. The molecule has 2 amide bonds. The summed E-state index contributed by atoms with van der Waals surface area (Å²) in [7, 11) is 0. The van der Waals surface area contributed by atoms with Gasteiger partial charge in [-0.1, -0.05) is 30.3 Å². The topological polar surface area (TPSA) is 98.3 Å². The number of hydrogen-bond donors (Lipinski definition) is 2. The second kappa shape index (κ2) is 10.6. The van der Waals surface area contributed by atoms with Gasteiger partial charge < -0.3 is 19.5 Å². The van der Waals surface area contributed by atoms with Crippen LogP contribution >= 0.6 is 15.9 Å². The van der Waals surface area contributed by atoms with E-state index in [1.807, 2.05) is 48.5 Å². The third kappa shape index (κ3) is 6.11. The number of halogens is 1. The molecule has 33 heavy (non-hydrogen) atoms. The van der Waals surface area contributed by atoms with E-state index in [-0.39, 0.29) is 13.3 Å². The first-order chi connectivity index (χ1) is 16.1. The maximum Gasteiger partial charge on any atom is 0.259 e. The number of rotatable bonds is 8. The van der Waals surface area contributed by atoms with Crippen LogP contribution in [0.3, 0.4) is 0 Å². The summed E-state index contributed by atoms with van der Waals surface area (Å²) in [5, 5.41) is 6.47. The fourth-order valence-corrected chi connectivity index (χ4v) is 3.48. The second-order valence-corrected chi connectivity index (χ2v) is 7.86. The molecule has 4 rings (SSSR count). The number of carbonyl (C=O) groups is 2. The summed E-state index contributed by atoms with van der Waals surface area (Å²) in [5.41, 5.74) is 4.59. The van der Waals surface area contributed by atoms with Crippen molar-refractivity contribution < 1.29 is 23.8 Å². The average molecular weight is 510 g/mol. The number of ether oxygens (including phenoxy) is 3. The molecule has 0 spiro atoms. The number of benzene rings is 3. The predicted octanol–water partition coefficient (Wildman–Crippen LogP) is 3.64. The fraction of sp³-hybridized carbons (Fsp3) is 0.125. The Hall–Kier alpha value is -3.85. The van der Waals surface area contributed by atoms with E-state index in [0.29, 0.717) is 29.4 Å². The van der Waals surface area contributed by atoms with Gasteiger partial charge in [-0.05, 0) is 63.5 Å². The first-order valence-electron chi connectivity index (χ1n) is 10.0. The highest BCUT2D eigenvalue weighted by Crippen LogP contribution is 2.32. The van der Waals surface area contributed by atoms with Gasteiger partial charge in [-0.25, -0.2) is 5.43 Å². The smallest absolute Gasteiger partial charge is 0.259 e. The maximum absolute atomic E-state index is 12.2. The Balaban J connectivity index is 1.23. The van der Waals surface area contributed by atoms with Crippen molar-refractivity contribution in [2.45, 2.75) is 6.61 Å². The Kier molecular flexibility index (Phi) is 7.21. The zero-order valence-electron chi connectivity index (χ0n) is 17.4. The SMILES string of the molecule is O=C(CNC(=O)c1ccc2c(c1)OCO2)N/N=C\c1ccc(OCc2ccccc2)c(Br)c1. The molecule has 0 radical (unpaired) electrons. The summed E-state index contributed by atoms with van der Waals surface area (Å²) in [6.07, 6.45) is 1.50. The summed E-state index contributed by atoms with van der Waals surface area (Å²) in [6, 6.07) is 20.2. The maximum atomic E-state index is 12.2. The van der Waals surface area contributed by atoms with E-state index < -0.39 is 11.8 Å². The van der Waals surface area contributed by atoms with Crippen molar-refractivity contribution in [2.75, 3.05) is 13.3 Å². The number of carbonyl (C=O) groups excluding carboxylic acids is 2. The van der Waals surface area contributed by atoms with Crippen molar-refractivity contribution in [2.24, 2.45) is 5.10 Å². The number of nitrogens with zero attached hydrogens (tertiary/aromatic N) is 1. The van der Waals surface area contributed by atoms with E-state index in [1.165, 1.54) is 6.21 Å². The minimum absolute atomic E-state index is 0.126. The highest BCUT2D eigenvalue weighted by molar-refractivity contribution is 9.10. The first kappa shape index (κ1) is 22.3. The lowest BCUT2D eigenvalue weighted by molar-refractivity contribution is -0.120. The summed E-state index contributed by atoms with van der Waals surface area (Å²) in [5.74, 6) is 0.927. The molecule has 1 aliphatic rings. The molecule has 0 saturated heterocycles. The lowest BCUT2D eigenvalue weighted by Crippen LogP contribution is -2.34. The first-order valence-corrected chi connectivity index (χ1v) is 10.8. The Morgan fingerprint density at radius 1 is 1.03 bits per heavy atom. The van der Waals surface area contributed by atoms with Gasteiger partial charge in [0.25, 0.3) is 11.8 Å². The fourth-order valence-electron chi connectivity index (χ4n) is 2.97. The van der Waals surface area contributed by atoms with E-state index in [4.69, 9.17) is 14.2 Å². The molecule has 2 N–H and O–H groups in total. The van der Waals surface area contributed by atoms with Crippen LogP contribution in [0, 0.1) is 0 Å². The molecule has 168 valence electrons. The minimum atomic E-state index is -0.456. The predicted molar refractivity (Wildman–Crippen MR) is 126 cm³/mol. The van der Waals surface area contributed by atoms with Gasteiger partial charge in [-0.15, -0.1) is 0 Å². The largest absolute Gasteiger partial charge is 0.488 e. The van der Waals surface area contributed by atoms with Gasteiger partial charge >= 0.3 is 0 Å². The summed E-state index contributed by atoms with van der Waals surface area (Å²) >= 11 is 3.48. The van der Waals surface area contributed by atoms with Crippen LogP contribution in [-0.4, -0.2) is 31.4 Å². The van der Waals surface area contributed by atoms with Crippen molar-refractivity contribution in [3.8, 4) is 17.2 Å². The van der Waals surface area contributed by atoms with Crippen LogP contribution < -0.4 is 25.0 Å². The molecule has 9 heteroatoms. The van der Waals surface area contributed by atoms with Crippen LogP contribution in [0.25, 0.3) is 0 Å². The lowest BCUT2D eigenvalue weighted by Gasteiger charge is -2.09. The van der Waals surface area contributed by atoms with Gasteiger partial charge in [0.1, 0.15) is 12.4 Å². The van der Waals surface area contributed by atoms with Crippen LogP contribution in [0.4, 0.5) is 0 Å². The molecule has 1 aliphatic heterocycles. The van der Waals surface area contributed by atoms with Crippen LogP contribution in [0.1, 0.15) is 21.5 Å². The molecule has 1 heterocycles. The molecule has 0 bridgehead atoms. The normalized spacial score (nSPS) is 11.9. The molecule has 0 aliphatic carbocycles. The molecular formula is C24H20BrN3O5. The zero-order valence-corrected chi connectivity index (χ0v) is 19.0. The molecule has 8 nitrogen and oxygen atoms in total. The van der Waals surface area contributed by atoms with Gasteiger partial charge in [-0.3, -0.25) is 9.59 Å². The molecule has 3 aromatic carbocycles. The third-order valence-electron chi connectivity index (χ3n) is 4.64. The number of amides is 2. The third-order valence-corrected chi connectivity index (χ3v) is 5.26. The van der Waals surface area contributed by atoms with Gasteiger partial charge in [0.05, 0.1) is 17.2 Å². The molecule has 0 fully saturated rings. The van der Waals surface area contributed by atoms with E-state index in [1.54, 1.807) is 18.2 Å². The summed E-state index contributed by atoms with van der Waals surface area (Å²) in [6.45, 7) is 0.363. The number of nitrogens with one attached hydrogen (secondary N) is 2. The Bertz CT molecular complexity index is 1180. The van der Waals surface area contributed by atoms with E-state index in [0.717, 1.165) is 15.6 Å².